The maximum Gasteiger partial charge on any atom is 0.384 e. The summed E-state index contributed by atoms with van der Waals surface area (Å²) in [6, 6.07) is 0. The number of aliphatic hydroxyl groups excluding tert-OH is 2. The van der Waals surface area contributed by atoms with Gasteiger partial charge in [0.1, 0.15) is 18.3 Å². The standard InChI is InChI=1S/C14H20O6/c1-9-13(20-14(19-9)7-3-4-8-14)12(17)10(15)5-6-11(16)18-2/h9-10,12-13,15,17H,3-4,7-8H2,1-2H3/t9-,10+,12+,13+/m1/s1. The molecule has 6 heteroatoms. The summed E-state index contributed by atoms with van der Waals surface area (Å²) >= 11 is 0. The highest BCUT2D eigenvalue weighted by molar-refractivity contribution is 5.88. The minimum Gasteiger partial charge on any atom is -0.459 e. The van der Waals surface area contributed by atoms with Crippen LogP contribution >= 0.6 is 0 Å². The molecule has 1 aliphatic carbocycles. The van der Waals surface area contributed by atoms with Gasteiger partial charge >= 0.3 is 5.97 Å². The van der Waals surface area contributed by atoms with Crippen molar-refractivity contribution in [3.8, 4) is 11.8 Å². The Labute approximate surface area is 118 Å². The maximum atomic E-state index is 10.9. The highest BCUT2D eigenvalue weighted by atomic mass is 16.8. The fraction of sp³-hybridized carbons (Fsp3) is 0.786. The largest absolute Gasteiger partial charge is 0.459 e. The second-order valence-electron chi connectivity index (χ2n) is 5.22. The lowest BCUT2D eigenvalue weighted by Crippen LogP contribution is -2.42. The molecule has 6 nitrogen and oxygen atoms in total. The molecule has 0 bridgehead atoms. The summed E-state index contributed by atoms with van der Waals surface area (Å²) in [5, 5.41) is 19.9. The van der Waals surface area contributed by atoms with Crippen molar-refractivity contribution in [3.63, 3.8) is 0 Å². The third-order valence-corrected chi connectivity index (χ3v) is 3.75. The number of carbonyl (C=O) groups is 1. The van der Waals surface area contributed by atoms with Crippen molar-refractivity contribution in [1.29, 1.82) is 0 Å². The lowest BCUT2D eigenvalue weighted by atomic mass is 10.0. The molecule has 1 heterocycles. The van der Waals surface area contributed by atoms with Crippen LogP contribution < -0.4 is 0 Å². The van der Waals surface area contributed by atoms with Gasteiger partial charge in [-0.05, 0) is 19.8 Å². The van der Waals surface area contributed by atoms with Crippen LogP contribution in [0.4, 0.5) is 0 Å². The third kappa shape index (κ3) is 3.13. The van der Waals surface area contributed by atoms with E-state index in [4.69, 9.17) is 9.47 Å². The van der Waals surface area contributed by atoms with E-state index in [9.17, 15) is 15.0 Å². The Morgan fingerprint density at radius 2 is 2.00 bits per heavy atom. The molecule has 4 atom stereocenters. The number of ether oxygens (including phenoxy) is 3. The van der Waals surface area contributed by atoms with Crippen LogP contribution in [0.3, 0.4) is 0 Å². The molecule has 2 rings (SSSR count). The van der Waals surface area contributed by atoms with Gasteiger partial charge in [-0.25, -0.2) is 4.79 Å². The minimum absolute atomic E-state index is 0.335. The molecule has 2 fully saturated rings. The fourth-order valence-electron chi connectivity index (χ4n) is 2.72. The second kappa shape index (κ2) is 6.10. The van der Waals surface area contributed by atoms with E-state index < -0.39 is 30.1 Å². The van der Waals surface area contributed by atoms with Crippen LogP contribution in [-0.2, 0) is 19.0 Å². The Hall–Kier alpha value is -1.13. The van der Waals surface area contributed by atoms with E-state index in [1.807, 2.05) is 0 Å². The number of hydrogen-bond acceptors (Lipinski definition) is 6. The zero-order valence-electron chi connectivity index (χ0n) is 11.7. The number of esters is 1. The second-order valence-corrected chi connectivity index (χ2v) is 5.22. The number of hydrogen-bond donors (Lipinski definition) is 2. The molecule has 0 amide bonds. The Bertz CT molecular complexity index is 417. The van der Waals surface area contributed by atoms with Crippen LogP contribution in [0, 0.1) is 11.8 Å². The van der Waals surface area contributed by atoms with Gasteiger partial charge in [0.05, 0.1) is 13.2 Å². The van der Waals surface area contributed by atoms with Crippen LogP contribution in [-0.4, -0.2) is 53.5 Å². The Balaban J connectivity index is 1.99. The topological polar surface area (TPSA) is 85.2 Å². The van der Waals surface area contributed by atoms with Crippen LogP contribution in [0.15, 0.2) is 0 Å². The summed E-state index contributed by atoms with van der Waals surface area (Å²) in [7, 11) is 1.19. The minimum atomic E-state index is -1.39. The maximum absolute atomic E-state index is 10.9. The molecular weight excluding hydrogens is 264 g/mol. The van der Waals surface area contributed by atoms with Crippen molar-refractivity contribution in [2.75, 3.05) is 7.11 Å². The first-order valence-corrected chi connectivity index (χ1v) is 6.79. The van der Waals surface area contributed by atoms with Crippen LogP contribution in [0.25, 0.3) is 0 Å². The van der Waals surface area contributed by atoms with Crippen molar-refractivity contribution < 1.29 is 29.2 Å². The third-order valence-electron chi connectivity index (χ3n) is 3.75. The highest BCUT2D eigenvalue weighted by Gasteiger charge is 2.50. The molecule has 1 saturated carbocycles. The Morgan fingerprint density at radius 1 is 1.35 bits per heavy atom. The van der Waals surface area contributed by atoms with Crippen molar-refractivity contribution >= 4 is 5.97 Å². The van der Waals surface area contributed by atoms with Crippen molar-refractivity contribution in [3.05, 3.63) is 0 Å². The summed E-state index contributed by atoms with van der Waals surface area (Å²) in [6.45, 7) is 1.79. The Kier molecular flexibility index (Phi) is 4.66. The molecule has 2 N–H and O–H groups in total. The summed E-state index contributed by atoms with van der Waals surface area (Å²) in [6.07, 6.45) is 0.0340. The van der Waals surface area contributed by atoms with E-state index in [0.29, 0.717) is 0 Å². The van der Waals surface area contributed by atoms with Crippen LogP contribution in [0.5, 0.6) is 0 Å². The molecule has 1 saturated heterocycles. The van der Waals surface area contributed by atoms with Gasteiger partial charge in [0.15, 0.2) is 5.79 Å². The number of carbonyl (C=O) groups excluding carboxylic acids is 1. The molecule has 0 unspecified atom stereocenters. The van der Waals surface area contributed by atoms with E-state index in [0.717, 1.165) is 25.7 Å². The molecule has 20 heavy (non-hydrogen) atoms. The number of rotatable bonds is 2. The SMILES string of the molecule is COC(=O)C#C[C@H](O)[C@H](O)[C@H]1OC2(CCCC2)O[C@@H]1C. The van der Waals surface area contributed by atoms with Crippen molar-refractivity contribution in [2.24, 2.45) is 0 Å². The first kappa shape index (κ1) is 15.3. The quantitative estimate of drug-likeness (QED) is 0.420. The average Bonchev–Trinajstić information content (AvgIpc) is 3.02. The summed E-state index contributed by atoms with van der Waals surface area (Å²) in [4.78, 5) is 10.9. The van der Waals surface area contributed by atoms with E-state index in [-0.39, 0.29) is 6.10 Å². The van der Waals surface area contributed by atoms with Gasteiger partial charge in [0.2, 0.25) is 0 Å². The molecule has 0 aromatic heterocycles. The zero-order chi connectivity index (χ0) is 14.8. The lowest BCUT2D eigenvalue weighted by molar-refractivity contribution is -0.179. The van der Waals surface area contributed by atoms with E-state index in [1.54, 1.807) is 6.92 Å². The van der Waals surface area contributed by atoms with Crippen molar-refractivity contribution in [1.82, 2.24) is 0 Å². The summed E-state index contributed by atoms with van der Waals surface area (Å²) < 4.78 is 16.0. The van der Waals surface area contributed by atoms with Gasteiger partial charge in [-0.1, -0.05) is 5.92 Å². The molecule has 0 aromatic carbocycles. The fourth-order valence-corrected chi connectivity index (χ4v) is 2.72. The molecule has 2 aliphatic rings. The predicted molar refractivity (Wildman–Crippen MR) is 68.4 cm³/mol. The van der Waals surface area contributed by atoms with E-state index in [2.05, 4.69) is 16.6 Å². The van der Waals surface area contributed by atoms with Crippen LogP contribution in [0.1, 0.15) is 32.6 Å². The summed E-state index contributed by atoms with van der Waals surface area (Å²) in [5.41, 5.74) is 0. The van der Waals surface area contributed by atoms with Gasteiger partial charge in [-0.15, -0.1) is 0 Å². The first-order valence-electron chi connectivity index (χ1n) is 6.79. The normalized spacial score (nSPS) is 30.6. The van der Waals surface area contributed by atoms with Crippen molar-refractivity contribution in [2.45, 2.75) is 62.8 Å². The van der Waals surface area contributed by atoms with Crippen LogP contribution in [0.2, 0.25) is 0 Å². The van der Waals surface area contributed by atoms with Gasteiger partial charge in [0.25, 0.3) is 0 Å². The zero-order valence-corrected chi connectivity index (χ0v) is 11.7. The molecule has 112 valence electrons. The molecule has 0 radical (unpaired) electrons. The molecule has 1 aliphatic heterocycles. The van der Waals surface area contributed by atoms with Gasteiger partial charge in [-0.3, -0.25) is 0 Å². The van der Waals surface area contributed by atoms with E-state index in [1.165, 1.54) is 7.11 Å². The molecule has 0 aromatic rings. The first-order chi connectivity index (χ1) is 9.47. The number of methoxy groups -OCH3 is 1. The smallest absolute Gasteiger partial charge is 0.384 e. The molecular formula is C14H20O6. The Morgan fingerprint density at radius 3 is 2.60 bits per heavy atom. The summed E-state index contributed by atoms with van der Waals surface area (Å²) in [5.74, 6) is 2.96. The van der Waals surface area contributed by atoms with Gasteiger partial charge < -0.3 is 24.4 Å². The number of aliphatic hydroxyl groups is 2. The monoisotopic (exact) mass is 284 g/mol. The average molecular weight is 284 g/mol. The highest BCUT2D eigenvalue weighted by Crippen LogP contribution is 2.42. The van der Waals surface area contributed by atoms with E-state index >= 15 is 0 Å². The predicted octanol–water partition coefficient (Wildman–Crippen LogP) is -0.0412. The lowest BCUT2D eigenvalue weighted by Gasteiger charge is -2.24. The van der Waals surface area contributed by atoms with Gasteiger partial charge in [0, 0.05) is 18.8 Å². The van der Waals surface area contributed by atoms with Gasteiger partial charge in [-0.2, -0.15) is 0 Å². The molecule has 1 spiro atoms.